The molecule has 1 amide bonds. The number of carbonyl (C=O) groups is 1. The van der Waals surface area contributed by atoms with E-state index < -0.39 is 11.7 Å². The molecule has 0 bridgehead atoms. The lowest BCUT2D eigenvalue weighted by Crippen LogP contribution is -2.48. The lowest BCUT2D eigenvalue weighted by Gasteiger charge is -2.35. The number of nitrogens with two attached hydrogens (primary N) is 1. The molecular weight excluding hydrogens is 509 g/mol. The number of nitrogens with one attached hydrogen (secondary N) is 2. The fourth-order valence-corrected chi connectivity index (χ4v) is 4.70. The summed E-state index contributed by atoms with van der Waals surface area (Å²) < 4.78 is 14.7. The van der Waals surface area contributed by atoms with E-state index in [0.29, 0.717) is 40.1 Å². The van der Waals surface area contributed by atoms with Crippen LogP contribution >= 0.6 is 0 Å². The van der Waals surface area contributed by atoms with E-state index in [1.165, 1.54) is 24.5 Å². The van der Waals surface area contributed by atoms with Crippen LogP contribution in [0.2, 0.25) is 0 Å². The van der Waals surface area contributed by atoms with Crippen LogP contribution < -0.4 is 21.3 Å². The van der Waals surface area contributed by atoms with Crippen molar-refractivity contribution in [1.82, 2.24) is 30.2 Å². The summed E-state index contributed by atoms with van der Waals surface area (Å²) in [5.41, 5.74) is 8.94. The van der Waals surface area contributed by atoms with Crippen LogP contribution in [0.25, 0.3) is 11.0 Å². The monoisotopic (exact) mass is 544 g/mol. The Morgan fingerprint density at radius 3 is 2.52 bits per heavy atom. The van der Waals surface area contributed by atoms with Crippen molar-refractivity contribution in [2.24, 2.45) is 11.3 Å². The van der Waals surface area contributed by atoms with Gasteiger partial charge in [-0.25, -0.2) is 19.3 Å². The van der Waals surface area contributed by atoms with Crippen LogP contribution in [0, 0.1) is 23.2 Å². The topological polar surface area (TPSA) is 125 Å². The number of benzene rings is 1. The van der Waals surface area contributed by atoms with Crippen molar-refractivity contribution < 1.29 is 9.18 Å². The number of amides is 1. The highest BCUT2D eigenvalue weighted by Gasteiger charge is 2.31. The fourth-order valence-electron chi connectivity index (χ4n) is 4.70. The number of nitrogens with zero attached hydrogens (tertiary/aromatic N) is 6. The van der Waals surface area contributed by atoms with Gasteiger partial charge in [-0.05, 0) is 24.1 Å². The molecule has 2 aromatic heterocycles. The van der Waals surface area contributed by atoms with E-state index in [1.54, 1.807) is 0 Å². The predicted octanol–water partition coefficient (Wildman–Crippen LogP) is 4.07. The van der Waals surface area contributed by atoms with Crippen LogP contribution in [0.1, 0.15) is 45.0 Å². The van der Waals surface area contributed by atoms with Crippen molar-refractivity contribution in [2.45, 2.75) is 34.6 Å². The smallest absolute Gasteiger partial charge is 0.261 e. The van der Waals surface area contributed by atoms with Crippen molar-refractivity contribution in [3.63, 3.8) is 0 Å². The molecule has 1 aromatic carbocycles. The van der Waals surface area contributed by atoms with Gasteiger partial charge in [-0.15, -0.1) is 0 Å². The molecule has 1 saturated heterocycles. The number of hydrogen-bond donors (Lipinski definition) is 3. The van der Waals surface area contributed by atoms with Crippen LogP contribution in [-0.2, 0) is 0 Å². The second-order valence-electron chi connectivity index (χ2n) is 11.6. The number of anilines is 4. The summed E-state index contributed by atoms with van der Waals surface area (Å²) in [6, 6.07) is 4.21. The maximum atomic E-state index is 14.7. The van der Waals surface area contributed by atoms with E-state index in [-0.39, 0.29) is 16.8 Å². The summed E-state index contributed by atoms with van der Waals surface area (Å²) >= 11 is 0. The summed E-state index contributed by atoms with van der Waals surface area (Å²) in [5.74, 6) is 0.548. The van der Waals surface area contributed by atoms with Gasteiger partial charge < -0.3 is 16.0 Å². The summed E-state index contributed by atoms with van der Waals surface area (Å²) in [6.07, 6.45) is 6.33. The van der Waals surface area contributed by atoms with E-state index in [1.807, 2.05) is 6.08 Å². The van der Waals surface area contributed by atoms with Crippen molar-refractivity contribution >= 4 is 40.2 Å². The fraction of sp³-hybridized carbons (Fsp3) is 0.414. The number of carbonyl (C=O) groups excluding carboxylic acids is 1. The first kappa shape index (κ1) is 27.4. The quantitative estimate of drug-likeness (QED) is 0.378. The molecule has 3 heterocycles. The Morgan fingerprint density at radius 2 is 1.85 bits per heavy atom. The van der Waals surface area contributed by atoms with Gasteiger partial charge in [0.15, 0.2) is 11.6 Å². The van der Waals surface area contributed by atoms with Gasteiger partial charge in [0.05, 0.1) is 17.7 Å². The highest BCUT2D eigenvalue weighted by atomic mass is 19.1. The van der Waals surface area contributed by atoms with Gasteiger partial charge in [-0.3, -0.25) is 15.0 Å². The highest BCUT2D eigenvalue weighted by Crippen LogP contribution is 2.33. The second-order valence-corrected chi connectivity index (χ2v) is 11.6. The molecule has 3 aromatic rings. The molecule has 1 aliphatic carbocycles. The van der Waals surface area contributed by atoms with Crippen LogP contribution in [0.3, 0.4) is 0 Å². The molecule has 10 nitrogen and oxygen atoms in total. The molecule has 2 aliphatic rings. The Kier molecular flexibility index (Phi) is 7.35. The molecular formula is C29H35FN9O+. The molecule has 0 saturated carbocycles. The SMILES string of the molecule is CC(C)CN1CCN(c2nc(N)c3ncnc(Nc4ccc(F)c(C(=O)NC5=CC(C(C)(C)C)=[C+]5)c4)c3n2)CC1. The lowest BCUT2D eigenvalue weighted by atomic mass is 9.81. The highest BCUT2D eigenvalue weighted by molar-refractivity contribution is 5.98. The van der Waals surface area contributed by atoms with Gasteiger partial charge in [0.25, 0.3) is 5.91 Å². The lowest BCUT2D eigenvalue weighted by molar-refractivity contribution is 0.0962. The van der Waals surface area contributed by atoms with E-state index in [9.17, 15) is 9.18 Å². The number of aromatic nitrogens is 4. The van der Waals surface area contributed by atoms with Crippen molar-refractivity contribution in [3.8, 4) is 0 Å². The van der Waals surface area contributed by atoms with Crippen LogP contribution in [0.15, 0.2) is 41.9 Å². The first-order valence-electron chi connectivity index (χ1n) is 13.5. The zero-order chi connectivity index (χ0) is 28.6. The van der Waals surface area contributed by atoms with Gasteiger partial charge in [0.1, 0.15) is 28.8 Å². The molecule has 5 rings (SSSR count). The molecule has 0 atom stereocenters. The minimum absolute atomic E-state index is 0.0709. The average molecular weight is 545 g/mol. The largest absolute Gasteiger partial charge is 0.382 e. The molecule has 1 fully saturated rings. The number of fused-ring (bicyclic) bond motifs is 1. The van der Waals surface area contributed by atoms with Gasteiger partial charge in [0.2, 0.25) is 11.6 Å². The summed E-state index contributed by atoms with van der Waals surface area (Å²) in [4.78, 5) is 35.3. The van der Waals surface area contributed by atoms with Gasteiger partial charge in [0, 0.05) is 43.8 Å². The number of halogens is 1. The molecule has 0 spiro atoms. The standard InChI is InChI=1S/C29H34FN9O/c1-17(2)15-38-8-10-39(11-9-38)28-36-24-23(25(31)37-28)32-16-33-26(24)34-19-6-7-22(30)21(14-19)27(40)35-20-12-18(13-20)29(3,4)5/h6-7,12,14,16-17H,8-11,15H2,1-5H3,(H3-,31,32,33,34,35,36,37,40)/p+1. The Morgan fingerprint density at radius 1 is 1.12 bits per heavy atom. The molecule has 40 heavy (non-hydrogen) atoms. The van der Waals surface area contributed by atoms with Crippen LogP contribution in [0.4, 0.5) is 27.7 Å². The molecule has 4 N–H and O–H groups in total. The third-order valence-corrected chi connectivity index (χ3v) is 6.86. The Labute approximate surface area is 233 Å². The number of rotatable bonds is 7. The van der Waals surface area contributed by atoms with Crippen LogP contribution in [0.5, 0.6) is 0 Å². The molecule has 0 radical (unpaired) electrons. The summed E-state index contributed by atoms with van der Waals surface area (Å²) in [6.45, 7) is 15.1. The predicted molar refractivity (Wildman–Crippen MR) is 154 cm³/mol. The first-order chi connectivity index (χ1) is 19.0. The first-order valence-corrected chi connectivity index (χ1v) is 13.5. The molecule has 208 valence electrons. The Hall–Kier alpha value is -4.21. The summed E-state index contributed by atoms with van der Waals surface area (Å²) in [5, 5.41) is 5.87. The van der Waals surface area contributed by atoms with E-state index in [4.69, 9.17) is 10.7 Å². The van der Waals surface area contributed by atoms with Gasteiger partial charge in [-0.2, -0.15) is 4.98 Å². The van der Waals surface area contributed by atoms with E-state index >= 15 is 0 Å². The maximum absolute atomic E-state index is 14.7. The number of hydrogen-bond acceptors (Lipinski definition) is 9. The minimum atomic E-state index is -0.638. The average Bonchev–Trinajstić information content (AvgIpc) is 2.86. The number of piperazine rings is 1. The number of nitrogen functional groups attached to an aromatic ring is 1. The van der Waals surface area contributed by atoms with Gasteiger partial charge in [-0.1, -0.05) is 34.6 Å². The molecule has 11 heteroatoms. The minimum Gasteiger partial charge on any atom is -0.382 e. The van der Waals surface area contributed by atoms with Crippen molar-refractivity contribution in [3.05, 3.63) is 59.3 Å². The Bertz CT molecular complexity index is 1500. The normalized spacial score (nSPS) is 15.8. The second kappa shape index (κ2) is 10.7. The number of allylic oxidation sites excluding steroid dienone is 3. The maximum Gasteiger partial charge on any atom is 0.261 e. The zero-order valence-corrected chi connectivity index (χ0v) is 23.5. The zero-order valence-electron chi connectivity index (χ0n) is 23.5. The van der Waals surface area contributed by atoms with Crippen LogP contribution in [-0.4, -0.2) is 63.5 Å². The van der Waals surface area contributed by atoms with Gasteiger partial charge >= 0.3 is 0 Å². The third kappa shape index (κ3) is 5.85. The molecule has 1 aliphatic heterocycles. The Balaban J connectivity index is 1.35. The van der Waals surface area contributed by atoms with Crippen molar-refractivity contribution in [2.75, 3.05) is 48.7 Å². The van der Waals surface area contributed by atoms with E-state index in [0.717, 1.165) is 38.3 Å². The van der Waals surface area contributed by atoms with E-state index in [2.05, 4.69) is 76.1 Å². The molecule has 0 unspecified atom stereocenters. The third-order valence-electron chi connectivity index (χ3n) is 6.86. The summed E-state index contributed by atoms with van der Waals surface area (Å²) in [7, 11) is 0. The van der Waals surface area contributed by atoms with Crippen molar-refractivity contribution in [1.29, 1.82) is 0 Å².